The summed E-state index contributed by atoms with van der Waals surface area (Å²) in [6.07, 6.45) is 1.48. The van der Waals surface area contributed by atoms with Crippen LogP contribution in [0.4, 0.5) is 5.69 Å². The average Bonchev–Trinajstić information content (AvgIpc) is 2.91. The minimum absolute atomic E-state index is 0.300. The molecule has 2 aromatic heterocycles. The van der Waals surface area contributed by atoms with Crippen LogP contribution in [0.15, 0.2) is 35.0 Å². The summed E-state index contributed by atoms with van der Waals surface area (Å²) < 4.78 is 5.28. The summed E-state index contributed by atoms with van der Waals surface area (Å²) in [4.78, 5) is 8.44. The van der Waals surface area contributed by atoms with Crippen molar-refractivity contribution in [2.75, 3.05) is 5.73 Å². The molecular weight excluding hydrogens is 311 g/mol. The lowest BCUT2D eigenvalue weighted by molar-refractivity contribution is 0.432. The second kappa shape index (κ2) is 5.35. The Hall–Kier alpha value is -2.11. The summed E-state index contributed by atoms with van der Waals surface area (Å²) in [5.74, 6) is 0.663. The van der Waals surface area contributed by atoms with Crippen LogP contribution in [0, 0.1) is 6.92 Å². The summed E-state index contributed by atoms with van der Waals surface area (Å²) in [7, 11) is 0. The summed E-state index contributed by atoms with van der Waals surface area (Å²) in [6.45, 7) is 1.94. The van der Waals surface area contributed by atoms with Crippen molar-refractivity contribution in [2.45, 2.75) is 6.92 Å². The third-order valence-corrected chi connectivity index (χ3v) is 3.43. The van der Waals surface area contributed by atoms with E-state index in [1.807, 2.05) is 19.1 Å². The SMILES string of the molecule is Cc1ccc(N)cc1-c1nc(-c2ncc(Cl)cc2Cl)no1. The van der Waals surface area contributed by atoms with Gasteiger partial charge in [0, 0.05) is 17.4 Å². The van der Waals surface area contributed by atoms with Crippen LogP contribution in [0.2, 0.25) is 10.0 Å². The lowest BCUT2D eigenvalue weighted by atomic mass is 10.1. The number of rotatable bonds is 2. The molecule has 0 bridgehead atoms. The van der Waals surface area contributed by atoms with Crippen molar-refractivity contribution in [1.29, 1.82) is 0 Å². The number of aryl methyl sites for hydroxylation is 1. The van der Waals surface area contributed by atoms with Gasteiger partial charge in [-0.15, -0.1) is 0 Å². The van der Waals surface area contributed by atoms with Crippen LogP contribution in [0.3, 0.4) is 0 Å². The summed E-state index contributed by atoms with van der Waals surface area (Å²) in [5.41, 5.74) is 8.58. The first kappa shape index (κ1) is 13.9. The third kappa shape index (κ3) is 2.70. The molecule has 1 aromatic carbocycles. The minimum atomic E-state index is 0.300. The standard InChI is InChI=1S/C14H10Cl2N4O/c1-7-2-3-9(17)5-10(7)14-19-13(20-21-14)12-11(16)4-8(15)6-18-12/h2-6H,17H2,1H3. The fourth-order valence-corrected chi connectivity index (χ4v) is 2.34. The van der Waals surface area contributed by atoms with Crippen LogP contribution in [0.1, 0.15) is 5.56 Å². The predicted octanol–water partition coefficient (Wildman–Crippen LogP) is 4.00. The highest BCUT2D eigenvalue weighted by Gasteiger charge is 2.16. The first-order valence-corrected chi connectivity index (χ1v) is 6.82. The number of nitrogens with two attached hydrogens (primary N) is 1. The van der Waals surface area contributed by atoms with Crippen molar-refractivity contribution in [3.05, 3.63) is 46.1 Å². The number of benzene rings is 1. The summed E-state index contributed by atoms with van der Waals surface area (Å²) in [6, 6.07) is 7.06. The summed E-state index contributed by atoms with van der Waals surface area (Å²) in [5, 5.41) is 4.71. The smallest absolute Gasteiger partial charge is 0.258 e. The zero-order valence-electron chi connectivity index (χ0n) is 11.0. The lowest BCUT2D eigenvalue weighted by Gasteiger charge is -2.01. The zero-order chi connectivity index (χ0) is 15.0. The van der Waals surface area contributed by atoms with Gasteiger partial charge >= 0.3 is 0 Å². The molecule has 106 valence electrons. The normalized spacial score (nSPS) is 10.8. The van der Waals surface area contributed by atoms with E-state index in [1.165, 1.54) is 6.20 Å². The molecule has 0 aliphatic heterocycles. The van der Waals surface area contributed by atoms with Crippen LogP contribution >= 0.6 is 23.2 Å². The maximum Gasteiger partial charge on any atom is 0.258 e. The van der Waals surface area contributed by atoms with Crippen molar-refractivity contribution in [3.8, 4) is 23.0 Å². The van der Waals surface area contributed by atoms with Crippen molar-refractivity contribution in [1.82, 2.24) is 15.1 Å². The number of halogens is 2. The Morgan fingerprint density at radius 3 is 2.76 bits per heavy atom. The monoisotopic (exact) mass is 320 g/mol. The third-order valence-electron chi connectivity index (χ3n) is 2.94. The molecule has 2 N–H and O–H groups in total. The number of anilines is 1. The first-order valence-electron chi connectivity index (χ1n) is 6.06. The molecule has 0 fully saturated rings. The Morgan fingerprint density at radius 1 is 1.19 bits per heavy atom. The lowest BCUT2D eigenvalue weighted by Crippen LogP contribution is -1.90. The topological polar surface area (TPSA) is 77.8 Å². The fraction of sp³-hybridized carbons (Fsp3) is 0.0714. The van der Waals surface area contributed by atoms with Crippen LogP contribution < -0.4 is 5.73 Å². The highest BCUT2D eigenvalue weighted by atomic mass is 35.5. The Balaban J connectivity index is 2.06. The van der Waals surface area contributed by atoms with Gasteiger partial charge in [0.2, 0.25) is 5.82 Å². The Morgan fingerprint density at radius 2 is 2.00 bits per heavy atom. The van der Waals surface area contributed by atoms with E-state index in [2.05, 4.69) is 15.1 Å². The average molecular weight is 321 g/mol. The molecule has 5 nitrogen and oxygen atoms in total. The van der Waals surface area contributed by atoms with Crippen LogP contribution in [-0.4, -0.2) is 15.1 Å². The van der Waals surface area contributed by atoms with E-state index < -0.39 is 0 Å². The number of nitrogen functional groups attached to an aromatic ring is 1. The molecule has 0 amide bonds. The number of hydrogen-bond donors (Lipinski definition) is 1. The van der Waals surface area contributed by atoms with E-state index in [0.717, 1.165) is 11.1 Å². The van der Waals surface area contributed by atoms with Crippen molar-refractivity contribution in [3.63, 3.8) is 0 Å². The van der Waals surface area contributed by atoms with E-state index in [4.69, 9.17) is 33.5 Å². The van der Waals surface area contributed by atoms with Crippen LogP contribution in [0.5, 0.6) is 0 Å². The van der Waals surface area contributed by atoms with Gasteiger partial charge in [-0.25, -0.2) is 4.98 Å². The van der Waals surface area contributed by atoms with Gasteiger partial charge in [-0.2, -0.15) is 4.98 Å². The van der Waals surface area contributed by atoms with Gasteiger partial charge in [0.25, 0.3) is 5.89 Å². The Bertz CT molecular complexity index is 816. The molecule has 0 aliphatic carbocycles. The van der Waals surface area contributed by atoms with Crippen LogP contribution in [0.25, 0.3) is 23.0 Å². The van der Waals surface area contributed by atoms with E-state index in [0.29, 0.717) is 33.1 Å². The quantitative estimate of drug-likeness (QED) is 0.722. The molecular formula is C14H10Cl2N4O. The van der Waals surface area contributed by atoms with Gasteiger partial charge in [-0.05, 0) is 30.7 Å². The number of aromatic nitrogens is 3. The van der Waals surface area contributed by atoms with Gasteiger partial charge in [-0.3, -0.25) is 0 Å². The minimum Gasteiger partial charge on any atom is -0.399 e. The second-order valence-corrected chi connectivity index (χ2v) is 5.33. The highest BCUT2D eigenvalue weighted by Crippen LogP contribution is 2.29. The van der Waals surface area contributed by atoms with Gasteiger partial charge in [0.05, 0.1) is 10.0 Å². The summed E-state index contributed by atoms with van der Waals surface area (Å²) >= 11 is 11.9. The van der Waals surface area contributed by atoms with Crippen molar-refractivity contribution < 1.29 is 4.52 Å². The molecule has 0 aliphatic rings. The predicted molar refractivity (Wildman–Crippen MR) is 82.1 cm³/mol. The van der Waals surface area contributed by atoms with Gasteiger partial charge < -0.3 is 10.3 Å². The van der Waals surface area contributed by atoms with E-state index in [9.17, 15) is 0 Å². The second-order valence-electron chi connectivity index (χ2n) is 4.48. The maximum absolute atomic E-state index is 6.09. The number of pyridine rings is 1. The van der Waals surface area contributed by atoms with E-state index in [1.54, 1.807) is 12.1 Å². The molecule has 2 heterocycles. The number of nitrogens with zero attached hydrogens (tertiary/aromatic N) is 3. The Kier molecular flexibility index (Phi) is 3.53. The van der Waals surface area contributed by atoms with E-state index in [-0.39, 0.29) is 0 Å². The highest BCUT2D eigenvalue weighted by molar-refractivity contribution is 6.35. The molecule has 0 saturated carbocycles. The van der Waals surface area contributed by atoms with Crippen molar-refractivity contribution in [2.24, 2.45) is 0 Å². The van der Waals surface area contributed by atoms with Gasteiger partial charge in [0.1, 0.15) is 5.69 Å². The molecule has 0 spiro atoms. The molecule has 3 aromatic rings. The molecule has 0 unspecified atom stereocenters. The van der Waals surface area contributed by atoms with Crippen LogP contribution in [-0.2, 0) is 0 Å². The van der Waals surface area contributed by atoms with Gasteiger partial charge in [0.15, 0.2) is 0 Å². The molecule has 21 heavy (non-hydrogen) atoms. The Labute approximate surface area is 130 Å². The van der Waals surface area contributed by atoms with Crippen molar-refractivity contribution >= 4 is 28.9 Å². The molecule has 0 atom stereocenters. The molecule has 0 radical (unpaired) electrons. The molecule has 3 rings (SSSR count). The van der Waals surface area contributed by atoms with Gasteiger partial charge in [-0.1, -0.05) is 34.4 Å². The largest absolute Gasteiger partial charge is 0.399 e. The molecule has 0 saturated heterocycles. The first-order chi connectivity index (χ1) is 10.0. The number of hydrogen-bond acceptors (Lipinski definition) is 5. The zero-order valence-corrected chi connectivity index (χ0v) is 12.5. The van der Waals surface area contributed by atoms with E-state index >= 15 is 0 Å². The maximum atomic E-state index is 6.09. The fourth-order valence-electron chi connectivity index (χ4n) is 1.88. The molecule has 7 heteroatoms.